The first-order valence-electron chi connectivity index (χ1n) is 10.3. The molecule has 8 nitrogen and oxygen atoms in total. The minimum atomic E-state index is -0.430. The summed E-state index contributed by atoms with van der Waals surface area (Å²) >= 11 is 0. The summed E-state index contributed by atoms with van der Waals surface area (Å²) in [4.78, 5) is 26.4. The number of nitrogens with zero attached hydrogens (tertiary/aromatic N) is 1. The fraction of sp³-hybridized carbons (Fsp3) is 0.895. The lowest BCUT2D eigenvalue weighted by molar-refractivity contribution is -0.136. The molecule has 1 saturated carbocycles. The molecule has 154 valence electrons. The molecule has 2 amide bonds. The highest BCUT2D eigenvalue weighted by Crippen LogP contribution is 2.30. The zero-order valence-electron chi connectivity index (χ0n) is 16.0. The molecule has 2 saturated heterocycles. The summed E-state index contributed by atoms with van der Waals surface area (Å²) in [5.74, 6) is 0.197. The number of morpholine rings is 1. The van der Waals surface area contributed by atoms with Crippen LogP contribution >= 0.6 is 0 Å². The molecule has 8 heteroatoms. The summed E-state index contributed by atoms with van der Waals surface area (Å²) in [6.45, 7) is 4.99. The van der Waals surface area contributed by atoms with Crippen molar-refractivity contribution in [2.24, 2.45) is 5.92 Å². The number of ether oxygens (including phenoxy) is 2. The van der Waals surface area contributed by atoms with Gasteiger partial charge >= 0.3 is 0 Å². The van der Waals surface area contributed by atoms with E-state index in [2.05, 4.69) is 15.5 Å². The number of rotatable bonds is 9. The first-order valence-corrected chi connectivity index (χ1v) is 10.3. The molecule has 0 aromatic carbocycles. The lowest BCUT2D eigenvalue weighted by Gasteiger charge is -2.36. The standard InChI is InChI=1S/C19H33N3O5/c23-13-17-16(21-19(25)14-2-3-14)5-4-15(27-17)12-18(24)20-6-1-7-22-8-10-26-11-9-22/h14-17,23H,1-13H2,(H,20,24)(H,21,25)/t15-,16+,17-/m1/s1. The SMILES string of the molecule is O=C(C[C@H]1CC[C@H](NC(=O)C2CC2)[C@@H](CO)O1)NCCCN1CCOCC1. The van der Waals surface area contributed by atoms with Gasteiger partial charge in [-0.05, 0) is 38.6 Å². The molecule has 27 heavy (non-hydrogen) atoms. The van der Waals surface area contributed by atoms with E-state index in [-0.39, 0.29) is 36.5 Å². The molecule has 3 fully saturated rings. The Bertz CT molecular complexity index is 494. The highest BCUT2D eigenvalue weighted by atomic mass is 16.5. The van der Waals surface area contributed by atoms with Crippen molar-refractivity contribution in [3.63, 3.8) is 0 Å². The van der Waals surface area contributed by atoms with Crippen molar-refractivity contribution < 1.29 is 24.2 Å². The van der Waals surface area contributed by atoms with Crippen LogP contribution in [0.1, 0.15) is 38.5 Å². The maximum Gasteiger partial charge on any atom is 0.223 e. The van der Waals surface area contributed by atoms with Crippen LogP contribution in [0.4, 0.5) is 0 Å². The molecule has 0 radical (unpaired) electrons. The van der Waals surface area contributed by atoms with Crippen LogP contribution < -0.4 is 10.6 Å². The quantitative estimate of drug-likeness (QED) is 0.471. The third-order valence-electron chi connectivity index (χ3n) is 5.56. The van der Waals surface area contributed by atoms with Gasteiger partial charge < -0.3 is 25.2 Å². The summed E-state index contributed by atoms with van der Waals surface area (Å²) in [6.07, 6.45) is 3.96. The zero-order valence-corrected chi connectivity index (χ0v) is 16.0. The Labute approximate surface area is 160 Å². The summed E-state index contributed by atoms with van der Waals surface area (Å²) in [5, 5.41) is 15.5. The van der Waals surface area contributed by atoms with Crippen LogP contribution in [-0.4, -0.2) is 86.1 Å². The zero-order chi connectivity index (χ0) is 19.1. The second kappa shape index (κ2) is 10.4. The van der Waals surface area contributed by atoms with Gasteiger partial charge in [-0.1, -0.05) is 0 Å². The van der Waals surface area contributed by atoms with Gasteiger partial charge in [-0.3, -0.25) is 14.5 Å². The van der Waals surface area contributed by atoms with Crippen molar-refractivity contribution in [2.45, 2.75) is 56.8 Å². The average Bonchev–Trinajstić information content (AvgIpc) is 3.52. The van der Waals surface area contributed by atoms with E-state index in [4.69, 9.17) is 9.47 Å². The van der Waals surface area contributed by atoms with E-state index >= 15 is 0 Å². The van der Waals surface area contributed by atoms with Gasteiger partial charge in [0, 0.05) is 25.6 Å². The van der Waals surface area contributed by atoms with E-state index in [1.165, 1.54) is 0 Å². The maximum absolute atomic E-state index is 12.2. The predicted molar refractivity (Wildman–Crippen MR) is 99.1 cm³/mol. The Morgan fingerprint density at radius 2 is 1.89 bits per heavy atom. The lowest BCUT2D eigenvalue weighted by Crippen LogP contribution is -2.51. The second-order valence-corrected chi connectivity index (χ2v) is 7.81. The number of carbonyl (C=O) groups excluding carboxylic acids is 2. The Kier molecular flexibility index (Phi) is 7.87. The first kappa shape index (κ1) is 20.5. The highest BCUT2D eigenvalue weighted by molar-refractivity contribution is 5.81. The molecule has 0 aromatic rings. The summed E-state index contributed by atoms with van der Waals surface area (Å²) in [7, 11) is 0. The van der Waals surface area contributed by atoms with Gasteiger partial charge in [-0.25, -0.2) is 0 Å². The van der Waals surface area contributed by atoms with Gasteiger partial charge in [0.05, 0.1) is 38.4 Å². The van der Waals surface area contributed by atoms with E-state index in [1.54, 1.807) is 0 Å². The predicted octanol–water partition coefficient (Wildman–Crippen LogP) is -0.350. The van der Waals surface area contributed by atoms with Crippen molar-refractivity contribution in [1.29, 1.82) is 0 Å². The molecular formula is C19H33N3O5. The van der Waals surface area contributed by atoms with Crippen LogP contribution in [0.15, 0.2) is 0 Å². The Morgan fingerprint density at radius 3 is 2.59 bits per heavy atom. The van der Waals surface area contributed by atoms with Gasteiger partial charge in [0.1, 0.15) is 6.10 Å². The maximum atomic E-state index is 12.2. The van der Waals surface area contributed by atoms with Crippen molar-refractivity contribution in [2.75, 3.05) is 46.0 Å². The smallest absolute Gasteiger partial charge is 0.223 e. The van der Waals surface area contributed by atoms with Gasteiger partial charge in [0.15, 0.2) is 0 Å². The van der Waals surface area contributed by atoms with E-state index in [1.807, 2.05) is 0 Å². The number of aliphatic hydroxyl groups excluding tert-OH is 1. The van der Waals surface area contributed by atoms with Crippen molar-refractivity contribution >= 4 is 11.8 Å². The normalized spacial score (nSPS) is 29.3. The van der Waals surface area contributed by atoms with Gasteiger partial charge in [0.25, 0.3) is 0 Å². The fourth-order valence-corrected chi connectivity index (χ4v) is 3.73. The molecule has 0 bridgehead atoms. The Balaban J connectivity index is 1.30. The first-order chi connectivity index (χ1) is 13.2. The Morgan fingerprint density at radius 1 is 1.11 bits per heavy atom. The van der Waals surface area contributed by atoms with Crippen LogP contribution in [0, 0.1) is 5.92 Å². The summed E-state index contributed by atoms with van der Waals surface area (Å²) in [5.41, 5.74) is 0. The highest BCUT2D eigenvalue weighted by Gasteiger charge is 2.36. The van der Waals surface area contributed by atoms with Gasteiger partial charge in [-0.2, -0.15) is 0 Å². The number of aliphatic hydroxyl groups is 1. The molecular weight excluding hydrogens is 350 g/mol. The van der Waals surface area contributed by atoms with Crippen molar-refractivity contribution in [1.82, 2.24) is 15.5 Å². The number of hydrogen-bond donors (Lipinski definition) is 3. The Hall–Kier alpha value is -1.22. The third kappa shape index (κ3) is 6.71. The molecule has 2 aliphatic heterocycles. The van der Waals surface area contributed by atoms with Crippen LogP contribution in [-0.2, 0) is 19.1 Å². The molecule has 3 aliphatic rings. The monoisotopic (exact) mass is 383 g/mol. The molecule has 1 aliphatic carbocycles. The van der Waals surface area contributed by atoms with E-state index in [9.17, 15) is 14.7 Å². The third-order valence-corrected chi connectivity index (χ3v) is 5.56. The van der Waals surface area contributed by atoms with E-state index in [0.717, 1.165) is 58.5 Å². The minimum Gasteiger partial charge on any atom is -0.394 e. The van der Waals surface area contributed by atoms with E-state index < -0.39 is 6.10 Å². The van der Waals surface area contributed by atoms with Crippen molar-refractivity contribution in [3.05, 3.63) is 0 Å². The van der Waals surface area contributed by atoms with Crippen LogP contribution in [0.2, 0.25) is 0 Å². The van der Waals surface area contributed by atoms with Crippen LogP contribution in [0.5, 0.6) is 0 Å². The second-order valence-electron chi connectivity index (χ2n) is 7.81. The largest absolute Gasteiger partial charge is 0.394 e. The lowest BCUT2D eigenvalue weighted by atomic mass is 9.96. The number of amides is 2. The fourth-order valence-electron chi connectivity index (χ4n) is 3.73. The van der Waals surface area contributed by atoms with E-state index in [0.29, 0.717) is 19.4 Å². The summed E-state index contributed by atoms with van der Waals surface area (Å²) < 4.78 is 11.2. The molecule has 0 aromatic heterocycles. The van der Waals surface area contributed by atoms with Gasteiger partial charge in [0.2, 0.25) is 11.8 Å². The minimum absolute atomic E-state index is 0.0147. The molecule has 3 rings (SSSR count). The molecule has 0 unspecified atom stereocenters. The topological polar surface area (TPSA) is 100 Å². The molecule has 2 heterocycles. The molecule has 0 spiro atoms. The van der Waals surface area contributed by atoms with Crippen molar-refractivity contribution in [3.8, 4) is 0 Å². The number of nitrogens with one attached hydrogen (secondary N) is 2. The molecule has 3 N–H and O–H groups in total. The van der Waals surface area contributed by atoms with Gasteiger partial charge in [-0.15, -0.1) is 0 Å². The van der Waals surface area contributed by atoms with Crippen LogP contribution in [0.25, 0.3) is 0 Å². The summed E-state index contributed by atoms with van der Waals surface area (Å²) in [6, 6.07) is -0.157. The van der Waals surface area contributed by atoms with Crippen LogP contribution in [0.3, 0.4) is 0 Å². The average molecular weight is 383 g/mol. The molecule has 3 atom stereocenters. The number of carbonyl (C=O) groups is 2. The number of hydrogen-bond acceptors (Lipinski definition) is 6.